The number of methoxy groups -OCH3 is 1. The zero-order valence-electron chi connectivity index (χ0n) is 17.6. The SMILES string of the molecule is COc1cccc(-c2ccnc3nc(-c4n[nH]c5ccc(-c6cncc(N)c6)nc45)[nH]c23)c1. The van der Waals surface area contributed by atoms with Crippen molar-refractivity contribution in [1.29, 1.82) is 0 Å². The Labute approximate surface area is 187 Å². The maximum Gasteiger partial charge on any atom is 0.178 e. The lowest BCUT2D eigenvalue weighted by molar-refractivity contribution is 0.415. The highest BCUT2D eigenvalue weighted by Crippen LogP contribution is 2.32. The number of nitrogens with zero attached hydrogens (tertiary/aromatic N) is 5. The molecule has 5 aromatic heterocycles. The number of H-pyrrole nitrogens is 2. The van der Waals surface area contributed by atoms with E-state index in [1.165, 1.54) is 0 Å². The third-order valence-corrected chi connectivity index (χ3v) is 5.46. The first kappa shape index (κ1) is 18.9. The Bertz CT molecular complexity index is 1630. The third-order valence-electron chi connectivity index (χ3n) is 5.46. The van der Waals surface area contributed by atoms with E-state index in [-0.39, 0.29) is 0 Å². The number of nitrogen functional groups attached to an aromatic ring is 1. The number of imidazole rings is 1. The van der Waals surface area contributed by atoms with E-state index >= 15 is 0 Å². The van der Waals surface area contributed by atoms with Crippen molar-refractivity contribution < 1.29 is 4.74 Å². The second-order valence-corrected chi connectivity index (χ2v) is 7.55. The largest absolute Gasteiger partial charge is 0.497 e. The number of ether oxygens (including phenoxy) is 1. The Kier molecular flexibility index (Phi) is 4.25. The molecule has 0 atom stereocenters. The Hall–Kier alpha value is -4.79. The van der Waals surface area contributed by atoms with E-state index < -0.39 is 0 Å². The predicted octanol–water partition coefficient (Wildman–Crippen LogP) is 4.22. The highest BCUT2D eigenvalue weighted by molar-refractivity contribution is 5.95. The first-order valence-electron chi connectivity index (χ1n) is 10.2. The van der Waals surface area contributed by atoms with Gasteiger partial charge < -0.3 is 15.5 Å². The van der Waals surface area contributed by atoms with Crippen LogP contribution < -0.4 is 10.5 Å². The van der Waals surface area contributed by atoms with Gasteiger partial charge in [0.25, 0.3) is 0 Å². The van der Waals surface area contributed by atoms with E-state index in [1.54, 1.807) is 25.7 Å². The zero-order chi connectivity index (χ0) is 22.4. The molecule has 0 saturated heterocycles. The van der Waals surface area contributed by atoms with E-state index in [2.05, 4.69) is 25.1 Å². The number of aromatic amines is 2. The monoisotopic (exact) mass is 434 g/mol. The predicted molar refractivity (Wildman–Crippen MR) is 126 cm³/mol. The molecule has 0 aliphatic heterocycles. The van der Waals surface area contributed by atoms with Crippen LogP contribution in [0.25, 0.3) is 56.1 Å². The van der Waals surface area contributed by atoms with Crippen LogP contribution in [0.5, 0.6) is 5.75 Å². The number of hydrogen-bond acceptors (Lipinski definition) is 7. The second-order valence-electron chi connectivity index (χ2n) is 7.55. The molecule has 0 aliphatic carbocycles. The normalized spacial score (nSPS) is 11.3. The molecule has 5 heterocycles. The third kappa shape index (κ3) is 3.23. The van der Waals surface area contributed by atoms with Gasteiger partial charge in [-0.2, -0.15) is 5.10 Å². The van der Waals surface area contributed by atoms with Crippen molar-refractivity contribution >= 4 is 27.9 Å². The van der Waals surface area contributed by atoms with Crippen LogP contribution in [0.1, 0.15) is 0 Å². The fraction of sp³-hybridized carbons (Fsp3) is 0.0417. The van der Waals surface area contributed by atoms with E-state index in [1.807, 2.05) is 48.5 Å². The molecule has 0 radical (unpaired) electrons. The van der Waals surface area contributed by atoms with Crippen LogP contribution in [-0.2, 0) is 0 Å². The first-order valence-corrected chi connectivity index (χ1v) is 10.2. The Morgan fingerprint density at radius 3 is 2.79 bits per heavy atom. The summed E-state index contributed by atoms with van der Waals surface area (Å²) in [5.41, 5.74) is 13.5. The number of hydrogen-bond donors (Lipinski definition) is 3. The molecule has 0 fully saturated rings. The fourth-order valence-electron chi connectivity index (χ4n) is 3.88. The second kappa shape index (κ2) is 7.41. The molecule has 6 aromatic rings. The average Bonchev–Trinajstić information content (AvgIpc) is 3.47. The molecule has 0 aliphatic rings. The number of nitrogens with one attached hydrogen (secondary N) is 2. The molecule has 0 bridgehead atoms. The van der Waals surface area contributed by atoms with Gasteiger partial charge in [0.05, 0.1) is 29.5 Å². The van der Waals surface area contributed by atoms with Crippen molar-refractivity contribution in [1.82, 2.24) is 35.1 Å². The molecule has 0 unspecified atom stereocenters. The van der Waals surface area contributed by atoms with E-state index in [0.717, 1.165) is 39.2 Å². The lowest BCUT2D eigenvalue weighted by Gasteiger charge is -2.05. The summed E-state index contributed by atoms with van der Waals surface area (Å²) >= 11 is 0. The minimum atomic E-state index is 0.578. The summed E-state index contributed by atoms with van der Waals surface area (Å²) in [6, 6.07) is 15.5. The molecule has 0 saturated carbocycles. The smallest absolute Gasteiger partial charge is 0.178 e. The number of benzene rings is 1. The number of anilines is 1. The van der Waals surface area contributed by atoms with Gasteiger partial charge in [-0.05, 0) is 42.0 Å². The number of fused-ring (bicyclic) bond motifs is 2. The van der Waals surface area contributed by atoms with Gasteiger partial charge in [-0.25, -0.2) is 15.0 Å². The summed E-state index contributed by atoms with van der Waals surface area (Å²) in [5.74, 6) is 1.36. The van der Waals surface area contributed by atoms with Crippen molar-refractivity contribution in [2.75, 3.05) is 12.8 Å². The Morgan fingerprint density at radius 1 is 0.970 bits per heavy atom. The average molecular weight is 434 g/mol. The molecule has 1 aromatic carbocycles. The van der Waals surface area contributed by atoms with E-state index in [9.17, 15) is 0 Å². The molecular formula is C24H18N8O. The quantitative estimate of drug-likeness (QED) is 0.378. The summed E-state index contributed by atoms with van der Waals surface area (Å²) < 4.78 is 5.38. The highest BCUT2D eigenvalue weighted by Gasteiger charge is 2.17. The molecular weight excluding hydrogens is 416 g/mol. The van der Waals surface area contributed by atoms with Gasteiger partial charge in [0.15, 0.2) is 17.2 Å². The van der Waals surface area contributed by atoms with Gasteiger partial charge in [-0.1, -0.05) is 12.1 Å². The molecule has 9 heteroatoms. The molecule has 0 amide bonds. The van der Waals surface area contributed by atoms with Crippen molar-refractivity contribution in [3.05, 3.63) is 67.1 Å². The summed E-state index contributed by atoms with van der Waals surface area (Å²) in [5, 5.41) is 7.51. The number of rotatable bonds is 4. The minimum Gasteiger partial charge on any atom is -0.497 e. The van der Waals surface area contributed by atoms with Gasteiger partial charge in [-0.15, -0.1) is 0 Å². The minimum absolute atomic E-state index is 0.578. The Morgan fingerprint density at radius 2 is 1.91 bits per heavy atom. The van der Waals surface area contributed by atoms with Crippen molar-refractivity contribution in [3.63, 3.8) is 0 Å². The number of pyridine rings is 3. The summed E-state index contributed by atoms with van der Waals surface area (Å²) in [7, 11) is 1.65. The number of aromatic nitrogens is 7. The van der Waals surface area contributed by atoms with Gasteiger partial charge in [-0.3, -0.25) is 10.1 Å². The van der Waals surface area contributed by atoms with Gasteiger partial charge in [0.1, 0.15) is 11.3 Å². The highest BCUT2D eigenvalue weighted by atomic mass is 16.5. The Balaban J connectivity index is 1.49. The van der Waals surface area contributed by atoms with Gasteiger partial charge in [0.2, 0.25) is 0 Å². The van der Waals surface area contributed by atoms with Crippen LogP contribution in [0, 0.1) is 0 Å². The standard InChI is InChI=1S/C24H18N8O/c1-33-16-4-2-3-13(10-16)17-7-8-27-23-20(17)29-24(30-23)22-21-19(31-32-22)6-5-18(28-21)14-9-15(25)12-26-11-14/h2-12H,25H2,1H3,(H,31,32)(H,27,29,30). The molecule has 0 spiro atoms. The van der Waals surface area contributed by atoms with Crippen LogP contribution in [0.4, 0.5) is 5.69 Å². The van der Waals surface area contributed by atoms with Crippen LogP contribution >= 0.6 is 0 Å². The molecule has 6 rings (SSSR count). The first-order chi connectivity index (χ1) is 16.2. The van der Waals surface area contributed by atoms with Gasteiger partial charge in [0, 0.05) is 29.7 Å². The summed E-state index contributed by atoms with van der Waals surface area (Å²) in [6.07, 6.45) is 5.08. The summed E-state index contributed by atoms with van der Waals surface area (Å²) in [4.78, 5) is 21.5. The van der Waals surface area contributed by atoms with Gasteiger partial charge >= 0.3 is 0 Å². The fourth-order valence-corrected chi connectivity index (χ4v) is 3.88. The van der Waals surface area contributed by atoms with Crippen molar-refractivity contribution in [3.8, 4) is 39.7 Å². The lowest BCUT2D eigenvalue weighted by Crippen LogP contribution is -1.90. The summed E-state index contributed by atoms with van der Waals surface area (Å²) in [6.45, 7) is 0. The maximum absolute atomic E-state index is 5.89. The lowest BCUT2D eigenvalue weighted by atomic mass is 10.1. The van der Waals surface area contributed by atoms with Crippen LogP contribution in [0.15, 0.2) is 67.1 Å². The van der Waals surface area contributed by atoms with Crippen molar-refractivity contribution in [2.45, 2.75) is 0 Å². The van der Waals surface area contributed by atoms with Crippen LogP contribution in [-0.4, -0.2) is 42.2 Å². The van der Waals surface area contributed by atoms with Crippen LogP contribution in [0.2, 0.25) is 0 Å². The molecule has 4 N–H and O–H groups in total. The van der Waals surface area contributed by atoms with E-state index in [4.69, 9.17) is 20.4 Å². The topological polar surface area (TPSA) is 131 Å². The van der Waals surface area contributed by atoms with Crippen molar-refractivity contribution in [2.24, 2.45) is 0 Å². The molecule has 9 nitrogen and oxygen atoms in total. The number of nitrogens with two attached hydrogens (primary N) is 1. The van der Waals surface area contributed by atoms with Crippen LogP contribution in [0.3, 0.4) is 0 Å². The zero-order valence-corrected chi connectivity index (χ0v) is 17.6. The molecule has 33 heavy (non-hydrogen) atoms. The molecule has 160 valence electrons. The van der Waals surface area contributed by atoms with E-state index in [0.29, 0.717) is 28.4 Å². The maximum atomic E-state index is 5.89.